The van der Waals surface area contributed by atoms with Crippen LogP contribution in [-0.2, 0) is 0 Å². The molecule has 1 N–H and O–H groups in total. The van der Waals surface area contributed by atoms with E-state index in [0.29, 0.717) is 5.75 Å². The summed E-state index contributed by atoms with van der Waals surface area (Å²) in [6.45, 7) is 2.26. The molecule has 0 bridgehead atoms. The van der Waals surface area contributed by atoms with Gasteiger partial charge in [0.1, 0.15) is 11.3 Å². The molecule has 110 valence electrons. The van der Waals surface area contributed by atoms with Crippen LogP contribution in [0.15, 0.2) is 36.4 Å². The average Bonchev–Trinajstić information content (AvgIpc) is 2.48. The quantitative estimate of drug-likeness (QED) is 0.903. The number of hydrogen-bond acceptors (Lipinski definition) is 2. The van der Waals surface area contributed by atoms with Gasteiger partial charge in [-0.15, -0.1) is 0 Å². The number of rotatable bonds is 3. The van der Waals surface area contributed by atoms with Crippen molar-refractivity contribution in [1.29, 1.82) is 0 Å². The van der Waals surface area contributed by atoms with Crippen molar-refractivity contribution in [3.05, 3.63) is 42.0 Å². The van der Waals surface area contributed by atoms with Gasteiger partial charge in [0.05, 0.1) is 6.10 Å². The molecular formula is C18H20O3. The zero-order valence-corrected chi connectivity index (χ0v) is 12.2. The Kier molecular flexibility index (Phi) is 3.82. The standard InChI is InChI=1S/C18H20O3/c1-12-6-8-15(9-7-12)21-17-11-14-5-3-2-4-13(14)10-16(17)18(19)20/h2-5,10-12,15H,6-9H2,1H3,(H,19,20). The molecule has 0 aromatic heterocycles. The molecule has 1 fully saturated rings. The minimum Gasteiger partial charge on any atom is -0.490 e. The van der Waals surface area contributed by atoms with Crippen LogP contribution < -0.4 is 4.74 Å². The fraction of sp³-hybridized carbons (Fsp3) is 0.389. The fourth-order valence-corrected chi connectivity index (χ4v) is 3.01. The molecule has 0 atom stereocenters. The zero-order chi connectivity index (χ0) is 14.8. The lowest BCUT2D eigenvalue weighted by atomic mass is 9.89. The van der Waals surface area contributed by atoms with Crippen LogP contribution in [0.1, 0.15) is 43.0 Å². The molecule has 1 aliphatic rings. The third kappa shape index (κ3) is 3.02. The summed E-state index contributed by atoms with van der Waals surface area (Å²) in [6.07, 6.45) is 4.46. The molecule has 1 aliphatic carbocycles. The summed E-state index contributed by atoms with van der Waals surface area (Å²) in [5.74, 6) is 0.320. The number of ether oxygens (including phenoxy) is 1. The number of fused-ring (bicyclic) bond motifs is 1. The average molecular weight is 284 g/mol. The van der Waals surface area contributed by atoms with Gasteiger partial charge in [-0.2, -0.15) is 0 Å². The molecule has 21 heavy (non-hydrogen) atoms. The van der Waals surface area contributed by atoms with E-state index in [9.17, 15) is 9.90 Å². The Labute approximate surface area is 124 Å². The van der Waals surface area contributed by atoms with Crippen molar-refractivity contribution >= 4 is 16.7 Å². The van der Waals surface area contributed by atoms with Crippen LogP contribution in [0, 0.1) is 5.92 Å². The lowest BCUT2D eigenvalue weighted by Crippen LogP contribution is -2.23. The summed E-state index contributed by atoms with van der Waals surface area (Å²) < 4.78 is 6.02. The Morgan fingerprint density at radius 1 is 1.10 bits per heavy atom. The van der Waals surface area contributed by atoms with E-state index < -0.39 is 5.97 Å². The van der Waals surface area contributed by atoms with Gasteiger partial charge in [-0.25, -0.2) is 4.79 Å². The maximum Gasteiger partial charge on any atom is 0.339 e. The molecule has 0 heterocycles. The highest BCUT2D eigenvalue weighted by molar-refractivity contribution is 5.97. The Bertz CT molecular complexity index is 655. The molecule has 0 unspecified atom stereocenters. The molecule has 1 saturated carbocycles. The minimum absolute atomic E-state index is 0.139. The Hall–Kier alpha value is -2.03. The number of carbonyl (C=O) groups is 1. The Morgan fingerprint density at radius 2 is 1.71 bits per heavy atom. The van der Waals surface area contributed by atoms with Crippen molar-refractivity contribution < 1.29 is 14.6 Å². The van der Waals surface area contributed by atoms with Gasteiger partial charge in [0.15, 0.2) is 0 Å². The van der Waals surface area contributed by atoms with Gasteiger partial charge in [0, 0.05) is 0 Å². The van der Waals surface area contributed by atoms with Gasteiger partial charge in [0.25, 0.3) is 0 Å². The predicted molar refractivity (Wildman–Crippen MR) is 83.0 cm³/mol. The van der Waals surface area contributed by atoms with Crippen molar-refractivity contribution in [2.75, 3.05) is 0 Å². The normalized spacial score (nSPS) is 22.1. The maximum absolute atomic E-state index is 11.5. The van der Waals surface area contributed by atoms with E-state index in [1.54, 1.807) is 6.07 Å². The van der Waals surface area contributed by atoms with Gasteiger partial charge in [0.2, 0.25) is 0 Å². The van der Waals surface area contributed by atoms with E-state index in [1.165, 1.54) is 0 Å². The summed E-state index contributed by atoms with van der Waals surface area (Å²) in [5, 5.41) is 11.4. The van der Waals surface area contributed by atoms with Crippen molar-refractivity contribution in [1.82, 2.24) is 0 Å². The van der Waals surface area contributed by atoms with Gasteiger partial charge >= 0.3 is 5.97 Å². The maximum atomic E-state index is 11.5. The SMILES string of the molecule is CC1CCC(Oc2cc3ccccc3cc2C(=O)O)CC1. The van der Waals surface area contributed by atoms with Crippen LogP contribution in [-0.4, -0.2) is 17.2 Å². The van der Waals surface area contributed by atoms with E-state index in [1.807, 2.05) is 30.3 Å². The number of aromatic carboxylic acids is 1. The number of carboxylic acid groups (broad SMARTS) is 1. The van der Waals surface area contributed by atoms with Crippen LogP contribution in [0.5, 0.6) is 5.75 Å². The molecule has 3 heteroatoms. The highest BCUT2D eigenvalue weighted by atomic mass is 16.5. The third-order valence-corrected chi connectivity index (χ3v) is 4.33. The van der Waals surface area contributed by atoms with Crippen molar-refractivity contribution in [2.45, 2.75) is 38.7 Å². The topological polar surface area (TPSA) is 46.5 Å². The largest absolute Gasteiger partial charge is 0.490 e. The van der Waals surface area contributed by atoms with Crippen LogP contribution in [0.4, 0.5) is 0 Å². The zero-order valence-electron chi connectivity index (χ0n) is 12.2. The fourth-order valence-electron chi connectivity index (χ4n) is 3.01. The van der Waals surface area contributed by atoms with E-state index in [-0.39, 0.29) is 11.7 Å². The highest BCUT2D eigenvalue weighted by Gasteiger charge is 2.22. The molecule has 3 rings (SSSR count). The summed E-state index contributed by atoms with van der Waals surface area (Å²) in [4.78, 5) is 11.5. The second-order valence-electron chi connectivity index (χ2n) is 6.00. The van der Waals surface area contributed by atoms with Crippen LogP contribution in [0.2, 0.25) is 0 Å². The Balaban J connectivity index is 1.92. The molecule has 0 spiro atoms. The van der Waals surface area contributed by atoms with Gasteiger partial charge in [-0.1, -0.05) is 31.2 Å². The predicted octanol–water partition coefficient (Wildman–Crippen LogP) is 4.50. The number of carboxylic acids is 1. The molecule has 0 aliphatic heterocycles. The first kappa shape index (κ1) is 13.9. The summed E-state index contributed by atoms with van der Waals surface area (Å²) >= 11 is 0. The van der Waals surface area contributed by atoms with Crippen LogP contribution in [0.25, 0.3) is 10.8 Å². The van der Waals surface area contributed by atoms with Crippen LogP contribution in [0.3, 0.4) is 0 Å². The molecule has 3 nitrogen and oxygen atoms in total. The van der Waals surface area contributed by atoms with E-state index in [0.717, 1.165) is 42.4 Å². The summed E-state index contributed by atoms with van der Waals surface area (Å²) in [5.41, 5.74) is 0.257. The second kappa shape index (κ2) is 5.76. The number of benzene rings is 2. The summed E-state index contributed by atoms with van der Waals surface area (Å²) in [7, 11) is 0. The van der Waals surface area contributed by atoms with Gasteiger partial charge in [-0.05, 0) is 54.5 Å². The first-order valence-corrected chi connectivity index (χ1v) is 7.56. The Morgan fingerprint density at radius 3 is 2.33 bits per heavy atom. The first-order valence-electron chi connectivity index (χ1n) is 7.56. The molecular weight excluding hydrogens is 264 g/mol. The van der Waals surface area contributed by atoms with Crippen molar-refractivity contribution in [2.24, 2.45) is 5.92 Å². The summed E-state index contributed by atoms with van der Waals surface area (Å²) in [6, 6.07) is 11.3. The van der Waals surface area contributed by atoms with E-state index in [4.69, 9.17) is 4.74 Å². The monoisotopic (exact) mass is 284 g/mol. The molecule has 2 aromatic carbocycles. The minimum atomic E-state index is -0.931. The van der Waals surface area contributed by atoms with Crippen LogP contribution >= 0.6 is 0 Å². The lowest BCUT2D eigenvalue weighted by molar-refractivity contribution is 0.0684. The van der Waals surface area contributed by atoms with Gasteiger partial charge in [-0.3, -0.25) is 0 Å². The molecule has 0 amide bonds. The molecule has 0 saturated heterocycles. The van der Waals surface area contributed by atoms with E-state index >= 15 is 0 Å². The van der Waals surface area contributed by atoms with Crippen molar-refractivity contribution in [3.8, 4) is 5.75 Å². The second-order valence-corrected chi connectivity index (χ2v) is 6.00. The number of hydrogen-bond donors (Lipinski definition) is 1. The van der Waals surface area contributed by atoms with Gasteiger partial charge < -0.3 is 9.84 Å². The highest BCUT2D eigenvalue weighted by Crippen LogP contribution is 2.31. The lowest BCUT2D eigenvalue weighted by Gasteiger charge is -2.27. The smallest absolute Gasteiger partial charge is 0.339 e. The third-order valence-electron chi connectivity index (χ3n) is 4.33. The van der Waals surface area contributed by atoms with E-state index in [2.05, 4.69) is 6.92 Å². The molecule has 2 aromatic rings. The molecule has 0 radical (unpaired) electrons. The first-order chi connectivity index (χ1) is 10.1. The van der Waals surface area contributed by atoms with Crippen molar-refractivity contribution in [3.63, 3.8) is 0 Å².